The van der Waals surface area contributed by atoms with Crippen LogP contribution in [0, 0.1) is 5.95 Å². The zero-order chi connectivity index (χ0) is 22.0. The summed E-state index contributed by atoms with van der Waals surface area (Å²) in [6, 6.07) is 8.83. The molecule has 4 rings (SSSR count). The van der Waals surface area contributed by atoms with E-state index in [1.54, 1.807) is 37.7 Å². The Morgan fingerprint density at radius 1 is 1.10 bits per heavy atom. The third-order valence-electron chi connectivity index (χ3n) is 5.08. The molecule has 0 aromatic carbocycles. The van der Waals surface area contributed by atoms with Gasteiger partial charge in [-0.25, -0.2) is 23.4 Å². The van der Waals surface area contributed by atoms with Crippen molar-refractivity contribution in [3.63, 3.8) is 0 Å². The molecule has 31 heavy (non-hydrogen) atoms. The van der Waals surface area contributed by atoms with E-state index in [4.69, 9.17) is 4.74 Å². The van der Waals surface area contributed by atoms with Crippen LogP contribution in [-0.2, 0) is 29.1 Å². The van der Waals surface area contributed by atoms with Crippen LogP contribution in [-0.4, -0.2) is 41.7 Å². The van der Waals surface area contributed by atoms with Gasteiger partial charge >= 0.3 is 0 Å². The van der Waals surface area contributed by atoms with Crippen LogP contribution < -0.4 is 4.74 Å². The molecule has 0 aliphatic carbocycles. The molecule has 0 amide bonds. The Bertz CT molecular complexity index is 1350. The molecule has 9 heteroatoms. The zero-order valence-corrected chi connectivity index (χ0v) is 17.9. The van der Waals surface area contributed by atoms with Crippen LogP contribution in [0.25, 0.3) is 11.0 Å². The number of aromatic nitrogens is 4. The standard InChI is InChI=1S/C22H21FN4O3S/c1-30-22-14(4-3-9-24-22)5-7-17-8-6-15(20(23)27-17)10-16-12-25-21-19(16)11-18(13-26-21)31(2,28)29/h3-4,6,8-9,11-13H,5,7,10H2,1-2H3,(H,25,26). The van der Waals surface area contributed by atoms with Crippen LogP contribution in [0.15, 0.2) is 53.8 Å². The molecule has 0 fully saturated rings. The molecule has 7 nitrogen and oxygen atoms in total. The molecule has 0 aliphatic rings. The number of hydrogen-bond donors (Lipinski definition) is 1. The SMILES string of the molecule is COc1ncccc1CCc1ccc(Cc2c[nH]c3ncc(S(C)(=O)=O)cc23)c(F)n1. The average molecular weight is 441 g/mol. The van der Waals surface area contributed by atoms with Crippen LogP contribution in [0.3, 0.4) is 0 Å². The second-order valence-corrected chi connectivity index (χ2v) is 9.27. The summed E-state index contributed by atoms with van der Waals surface area (Å²) in [7, 11) is -1.82. The molecule has 4 aromatic rings. The minimum Gasteiger partial charge on any atom is -0.481 e. The molecular formula is C22H21FN4O3S. The van der Waals surface area contributed by atoms with E-state index in [0.29, 0.717) is 41.0 Å². The predicted molar refractivity (Wildman–Crippen MR) is 114 cm³/mol. The summed E-state index contributed by atoms with van der Waals surface area (Å²) in [6.45, 7) is 0. The molecule has 0 atom stereocenters. The first-order chi connectivity index (χ1) is 14.8. The van der Waals surface area contributed by atoms with Gasteiger partial charge in [-0.2, -0.15) is 4.39 Å². The molecule has 0 unspecified atom stereocenters. The third kappa shape index (κ3) is 4.56. The van der Waals surface area contributed by atoms with Gasteiger partial charge in [0, 0.05) is 53.5 Å². The molecule has 0 radical (unpaired) electrons. The minimum atomic E-state index is -3.39. The van der Waals surface area contributed by atoms with E-state index >= 15 is 0 Å². The number of aromatic amines is 1. The Morgan fingerprint density at radius 3 is 2.68 bits per heavy atom. The molecule has 0 bridgehead atoms. The van der Waals surface area contributed by atoms with Crippen LogP contribution in [0.4, 0.5) is 4.39 Å². The summed E-state index contributed by atoms with van der Waals surface area (Å²) in [5, 5.41) is 0.648. The highest BCUT2D eigenvalue weighted by atomic mass is 32.2. The molecule has 0 spiro atoms. The van der Waals surface area contributed by atoms with Crippen molar-refractivity contribution >= 4 is 20.9 Å². The largest absolute Gasteiger partial charge is 0.481 e. The number of rotatable bonds is 7. The number of ether oxygens (including phenoxy) is 1. The summed E-state index contributed by atoms with van der Waals surface area (Å²) in [6.07, 6.45) is 7.27. The number of sulfone groups is 1. The first-order valence-electron chi connectivity index (χ1n) is 9.63. The predicted octanol–water partition coefficient (Wildman–Crippen LogP) is 3.28. The van der Waals surface area contributed by atoms with Crippen molar-refractivity contribution in [3.05, 3.63) is 77.3 Å². The number of fused-ring (bicyclic) bond motifs is 1. The fourth-order valence-corrected chi connectivity index (χ4v) is 4.00. The number of nitrogens with zero attached hydrogens (tertiary/aromatic N) is 3. The average Bonchev–Trinajstić information content (AvgIpc) is 3.15. The van der Waals surface area contributed by atoms with Crippen molar-refractivity contribution in [1.29, 1.82) is 0 Å². The van der Waals surface area contributed by atoms with E-state index in [-0.39, 0.29) is 11.3 Å². The van der Waals surface area contributed by atoms with Gasteiger partial charge < -0.3 is 9.72 Å². The summed E-state index contributed by atoms with van der Waals surface area (Å²) in [5.74, 6) is 0.0122. The van der Waals surface area contributed by atoms with E-state index < -0.39 is 15.8 Å². The van der Waals surface area contributed by atoms with Gasteiger partial charge in [0.15, 0.2) is 9.84 Å². The number of hydrogen-bond acceptors (Lipinski definition) is 6. The third-order valence-corrected chi connectivity index (χ3v) is 6.16. The first-order valence-corrected chi connectivity index (χ1v) is 11.5. The van der Waals surface area contributed by atoms with Gasteiger partial charge in [-0.05, 0) is 36.6 Å². The van der Waals surface area contributed by atoms with Crippen LogP contribution >= 0.6 is 0 Å². The van der Waals surface area contributed by atoms with E-state index in [1.165, 1.54) is 6.20 Å². The number of halogens is 1. The maximum atomic E-state index is 14.7. The quantitative estimate of drug-likeness (QED) is 0.443. The molecule has 0 saturated heterocycles. The van der Waals surface area contributed by atoms with Crippen molar-refractivity contribution in [2.45, 2.75) is 24.2 Å². The Morgan fingerprint density at radius 2 is 1.94 bits per heavy atom. The number of nitrogens with one attached hydrogen (secondary N) is 1. The second kappa shape index (κ2) is 8.43. The van der Waals surface area contributed by atoms with Crippen molar-refractivity contribution in [3.8, 4) is 5.88 Å². The molecule has 1 N–H and O–H groups in total. The lowest BCUT2D eigenvalue weighted by Crippen LogP contribution is -2.02. The lowest BCUT2D eigenvalue weighted by atomic mass is 10.0. The number of H-pyrrole nitrogens is 1. The number of aryl methyl sites for hydroxylation is 2. The van der Waals surface area contributed by atoms with Crippen molar-refractivity contribution in [2.24, 2.45) is 0 Å². The van der Waals surface area contributed by atoms with Gasteiger partial charge in [0.25, 0.3) is 0 Å². The van der Waals surface area contributed by atoms with Crippen molar-refractivity contribution in [2.75, 3.05) is 13.4 Å². The van der Waals surface area contributed by atoms with Gasteiger partial charge in [-0.1, -0.05) is 12.1 Å². The van der Waals surface area contributed by atoms with Crippen LogP contribution in [0.1, 0.15) is 22.4 Å². The van der Waals surface area contributed by atoms with Crippen LogP contribution in [0.5, 0.6) is 5.88 Å². The number of pyridine rings is 3. The highest BCUT2D eigenvalue weighted by Gasteiger charge is 2.14. The molecule has 4 aromatic heterocycles. The molecule has 4 heterocycles. The smallest absolute Gasteiger partial charge is 0.216 e. The lowest BCUT2D eigenvalue weighted by molar-refractivity contribution is 0.392. The summed E-state index contributed by atoms with van der Waals surface area (Å²) >= 11 is 0. The van der Waals surface area contributed by atoms with E-state index in [9.17, 15) is 12.8 Å². The highest BCUT2D eigenvalue weighted by Crippen LogP contribution is 2.24. The normalized spacial score (nSPS) is 11.7. The highest BCUT2D eigenvalue weighted by molar-refractivity contribution is 7.90. The summed E-state index contributed by atoms with van der Waals surface area (Å²) in [5.41, 5.74) is 3.30. The minimum absolute atomic E-state index is 0.126. The molecule has 0 saturated carbocycles. The first kappa shape index (κ1) is 20.9. The van der Waals surface area contributed by atoms with Crippen molar-refractivity contribution in [1.82, 2.24) is 19.9 Å². The van der Waals surface area contributed by atoms with Gasteiger partial charge in [0.2, 0.25) is 11.8 Å². The van der Waals surface area contributed by atoms with Gasteiger partial charge in [0.05, 0.1) is 12.0 Å². The molecular weight excluding hydrogens is 419 g/mol. The Hall–Kier alpha value is -3.33. The Balaban J connectivity index is 1.54. The molecule has 160 valence electrons. The maximum Gasteiger partial charge on any atom is 0.216 e. The molecule has 0 aliphatic heterocycles. The van der Waals surface area contributed by atoms with E-state index in [2.05, 4.69) is 19.9 Å². The van der Waals surface area contributed by atoms with Crippen molar-refractivity contribution < 1.29 is 17.5 Å². The van der Waals surface area contributed by atoms with E-state index in [0.717, 1.165) is 17.4 Å². The summed E-state index contributed by atoms with van der Waals surface area (Å²) < 4.78 is 43.6. The van der Waals surface area contributed by atoms with Gasteiger partial charge in [-0.15, -0.1) is 0 Å². The Kier molecular flexibility index (Phi) is 5.69. The topological polar surface area (TPSA) is 97.8 Å². The maximum absolute atomic E-state index is 14.7. The van der Waals surface area contributed by atoms with Crippen LogP contribution in [0.2, 0.25) is 0 Å². The summed E-state index contributed by atoms with van der Waals surface area (Å²) in [4.78, 5) is 15.6. The fourth-order valence-electron chi connectivity index (χ4n) is 3.43. The monoisotopic (exact) mass is 440 g/mol. The van der Waals surface area contributed by atoms with Gasteiger partial charge in [0.1, 0.15) is 5.65 Å². The lowest BCUT2D eigenvalue weighted by Gasteiger charge is -2.08. The van der Waals surface area contributed by atoms with Gasteiger partial charge in [-0.3, -0.25) is 0 Å². The zero-order valence-electron chi connectivity index (χ0n) is 17.1. The number of methoxy groups -OCH3 is 1. The fraction of sp³-hybridized carbons (Fsp3) is 0.227. The Labute approximate surface area is 179 Å². The van der Waals surface area contributed by atoms with E-state index in [1.807, 2.05) is 12.1 Å². The second-order valence-electron chi connectivity index (χ2n) is 7.25.